The highest BCUT2D eigenvalue weighted by molar-refractivity contribution is 6.32. The standard InChI is InChI=1S/C14H14ClFO3/c1-2-9(7-16)8-19-14-6-13-10(5-11(14)15)12(17)3-4-18-13/h5-7H,2-4,8H2,1H3. The van der Waals surface area contributed by atoms with Crippen LogP contribution in [0.4, 0.5) is 4.39 Å². The minimum Gasteiger partial charge on any atom is -0.492 e. The van der Waals surface area contributed by atoms with Gasteiger partial charge in [0.2, 0.25) is 0 Å². The van der Waals surface area contributed by atoms with Gasteiger partial charge in [0, 0.05) is 12.5 Å². The summed E-state index contributed by atoms with van der Waals surface area (Å²) in [5.74, 6) is 0.869. The van der Waals surface area contributed by atoms with Crippen LogP contribution in [0.25, 0.3) is 0 Å². The van der Waals surface area contributed by atoms with Crippen LogP contribution >= 0.6 is 11.6 Å². The lowest BCUT2D eigenvalue weighted by atomic mass is 10.0. The Kier molecular flexibility index (Phi) is 4.43. The van der Waals surface area contributed by atoms with Gasteiger partial charge in [-0.2, -0.15) is 0 Å². The predicted molar refractivity (Wildman–Crippen MR) is 70.9 cm³/mol. The molecular weight excluding hydrogens is 271 g/mol. The average Bonchev–Trinajstić information content (AvgIpc) is 2.41. The topological polar surface area (TPSA) is 35.5 Å². The van der Waals surface area contributed by atoms with Gasteiger partial charge in [0.05, 0.1) is 23.5 Å². The van der Waals surface area contributed by atoms with Crippen LogP contribution in [0.5, 0.6) is 11.5 Å². The van der Waals surface area contributed by atoms with Gasteiger partial charge < -0.3 is 9.47 Å². The van der Waals surface area contributed by atoms with E-state index < -0.39 is 0 Å². The van der Waals surface area contributed by atoms with E-state index in [0.29, 0.717) is 53.4 Å². The SMILES string of the molecule is CCC(=CF)COc1cc2c(cc1Cl)C(=O)CCO2. The molecule has 0 amide bonds. The monoisotopic (exact) mass is 284 g/mol. The van der Waals surface area contributed by atoms with E-state index in [1.54, 1.807) is 12.1 Å². The van der Waals surface area contributed by atoms with Crippen molar-refractivity contribution >= 4 is 17.4 Å². The first-order chi connectivity index (χ1) is 9.15. The molecule has 1 heterocycles. The first kappa shape index (κ1) is 13.9. The fourth-order valence-electron chi connectivity index (χ4n) is 1.75. The zero-order chi connectivity index (χ0) is 13.8. The molecule has 19 heavy (non-hydrogen) atoms. The van der Waals surface area contributed by atoms with E-state index in [9.17, 15) is 9.18 Å². The van der Waals surface area contributed by atoms with Gasteiger partial charge in [-0.25, -0.2) is 4.39 Å². The highest BCUT2D eigenvalue weighted by atomic mass is 35.5. The molecule has 0 bridgehead atoms. The van der Waals surface area contributed by atoms with Crippen LogP contribution in [0.2, 0.25) is 5.02 Å². The van der Waals surface area contributed by atoms with Gasteiger partial charge in [-0.1, -0.05) is 18.5 Å². The number of Topliss-reactive ketones (excluding diaryl/α,β-unsaturated/α-hetero) is 1. The van der Waals surface area contributed by atoms with E-state index in [-0.39, 0.29) is 12.4 Å². The van der Waals surface area contributed by atoms with Crippen LogP contribution in [-0.2, 0) is 0 Å². The Morgan fingerprint density at radius 1 is 1.58 bits per heavy atom. The number of hydrogen-bond donors (Lipinski definition) is 0. The van der Waals surface area contributed by atoms with Gasteiger partial charge in [0.15, 0.2) is 5.78 Å². The van der Waals surface area contributed by atoms with E-state index >= 15 is 0 Å². The van der Waals surface area contributed by atoms with E-state index in [0.717, 1.165) is 0 Å². The lowest BCUT2D eigenvalue weighted by molar-refractivity contribution is 0.0933. The molecule has 0 aliphatic carbocycles. The van der Waals surface area contributed by atoms with Gasteiger partial charge in [0.1, 0.15) is 18.1 Å². The molecule has 2 rings (SSSR count). The van der Waals surface area contributed by atoms with Crippen LogP contribution in [0.15, 0.2) is 24.0 Å². The molecule has 1 aliphatic heterocycles. The number of halogens is 2. The average molecular weight is 285 g/mol. The fraction of sp³-hybridized carbons (Fsp3) is 0.357. The van der Waals surface area contributed by atoms with Crippen molar-refractivity contribution in [3.05, 3.63) is 34.6 Å². The van der Waals surface area contributed by atoms with Crippen molar-refractivity contribution in [1.82, 2.24) is 0 Å². The molecule has 3 nitrogen and oxygen atoms in total. The van der Waals surface area contributed by atoms with E-state index in [4.69, 9.17) is 21.1 Å². The molecule has 1 aromatic rings. The maximum atomic E-state index is 12.4. The van der Waals surface area contributed by atoms with Gasteiger partial charge in [-0.3, -0.25) is 4.79 Å². The van der Waals surface area contributed by atoms with Crippen LogP contribution in [-0.4, -0.2) is 19.0 Å². The van der Waals surface area contributed by atoms with Crippen LogP contribution in [0.3, 0.4) is 0 Å². The van der Waals surface area contributed by atoms with Gasteiger partial charge in [-0.05, 0) is 18.1 Å². The summed E-state index contributed by atoms with van der Waals surface area (Å²) in [5.41, 5.74) is 1.01. The third kappa shape index (κ3) is 3.07. The first-order valence-corrected chi connectivity index (χ1v) is 6.44. The Bertz CT molecular complexity index is 526. The summed E-state index contributed by atoms with van der Waals surface area (Å²) in [5, 5.41) is 0.326. The number of carbonyl (C=O) groups excluding carboxylic acids is 1. The second-order valence-electron chi connectivity index (χ2n) is 4.21. The Morgan fingerprint density at radius 3 is 3.05 bits per heavy atom. The molecule has 0 radical (unpaired) electrons. The molecule has 0 saturated heterocycles. The first-order valence-electron chi connectivity index (χ1n) is 6.06. The Morgan fingerprint density at radius 2 is 2.37 bits per heavy atom. The number of rotatable bonds is 4. The van der Waals surface area contributed by atoms with Gasteiger partial charge in [-0.15, -0.1) is 0 Å². The van der Waals surface area contributed by atoms with Crippen molar-refractivity contribution in [1.29, 1.82) is 0 Å². The predicted octanol–water partition coefficient (Wildman–Crippen LogP) is 3.95. The summed E-state index contributed by atoms with van der Waals surface area (Å²) in [6, 6.07) is 3.12. The van der Waals surface area contributed by atoms with Crippen molar-refractivity contribution in [2.24, 2.45) is 0 Å². The Balaban J connectivity index is 2.20. The zero-order valence-corrected chi connectivity index (χ0v) is 11.3. The van der Waals surface area contributed by atoms with Crippen LogP contribution < -0.4 is 9.47 Å². The van der Waals surface area contributed by atoms with E-state index in [1.165, 1.54) is 0 Å². The second kappa shape index (κ2) is 6.06. The minimum atomic E-state index is 0.00704. The molecule has 0 aromatic heterocycles. The van der Waals surface area contributed by atoms with Crippen molar-refractivity contribution in [3.8, 4) is 11.5 Å². The molecule has 5 heteroatoms. The zero-order valence-electron chi connectivity index (χ0n) is 10.5. The van der Waals surface area contributed by atoms with Crippen molar-refractivity contribution in [2.75, 3.05) is 13.2 Å². The minimum absolute atomic E-state index is 0.00704. The highest BCUT2D eigenvalue weighted by Crippen LogP contribution is 2.35. The summed E-state index contributed by atoms with van der Waals surface area (Å²) in [6.07, 6.45) is 1.45. The maximum absolute atomic E-state index is 12.4. The molecule has 1 aliphatic rings. The van der Waals surface area contributed by atoms with Gasteiger partial charge >= 0.3 is 0 Å². The number of hydrogen-bond acceptors (Lipinski definition) is 3. The molecule has 0 fully saturated rings. The lowest BCUT2D eigenvalue weighted by Gasteiger charge is -2.18. The second-order valence-corrected chi connectivity index (χ2v) is 4.62. The maximum Gasteiger partial charge on any atom is 0.170 e. The third-order valence-corrected chi connectivity index (χ3v) is 3.24. The van der Waals surface area contributed by atoms with E-state index in [1.807, 2.05) is 6.92 Å². The summed E-state index contributed by atoms with van der Waals surface area (Å²) in [6.45, 7) is 2.32. The lowest BCUT2D eigenvalue weighted by Crippen LogP contribution is -2.15. The van der Waals surface area contributed by atoms with Crippen molar-refractivity contribution in [2.45, 2.75) is 19.8 Å². The molecule has 0 saturated carbocycles. The number of benzene rings is 1. The van der Waals surface area contributed by atoms with Crippen LogP contribution in [0, 0.1) is 0 Å². The quantitative estimate of drug-likeness (QED) is 0.840. The van der Waals surface area contributed by atoms with Gasteiger partial charge in [0.25, 0.3) is 0 Å². The normalized spacial score (nSPS) is 14.9. The summed E-state index contributed by atoms with van der Waals surface area (Å²) < 4.78 is 23.3. The van der Waals surface area contributed by atoms with Crippen LogP contribution in [0.1, 0.15) is 30.1 Å². The van der Waals surface area contributed by atoms with Crippen molar-refractivity contribution < 1.29 is 18.7 Å². The number of ketones is 1. The molecule has 102 valence electrons. The summed E-state index contributed by atoms with van der Waals surface area (Å²) in [4.78, 5) is 11.7. The number of ether oxygens (including phenoxy) is 2. The molecule has 0 atom stereocenters. The molecular formula is C14H14ClFO3. The third-order valence-electron chi connectivity index (χ3n) is 2.94. The van der Waals surface area contributed by atoms with E-state index in [2.05, 4.69) is 0 Å². The molecule has 0 unspecified atom stereocenters. The molecule has 0 spiro atoms. The fourth-order valence-corrected chi connectivity index (χ4v) is 1.97. The smallest absolute Gasteiger partial charge is 0.170 e. The molecule has 0 N–H and O–H groups in total. The van der Waals surface area contributed by atoms with Crippen molar-refractivity contribution in [3.63, 3.8) is 0 Å². The number of carbonyl (C=O) groups is 1. The summed E-state index contributed by atoms with van der Waals surface area (Å²) >= 11 is 6.05. The largest absolute Gasteiger partial charge is 0.492 e. The highest BCUT2D eigenvalue weighted by Gasteiger charge is 2.21. The number of fused-ring (bicyclic) bond motifs is 1. The summed E-state index contributed by atoms with van der Waals surface area (Å²) in [7, 11) is 0. The molecule has 1 aromatic carbocycles. The Hall–Kier alpha value is -1.55. The Labute approximate surface area is 116 Å².